The molecule has 5 heteroatoms. The van der Waals surface area contributed by atoms with Crippen molar-refractivity contribution >= 4 is 22.5 Å². The first-order valence-electron chi connectivity index (χ1n) is 8.78. The summed E-state index contributed by atoms with van der Waals surface area (Å²) in [5.41, 5.74) is 0.574. The van der Waals surface area contributed by atoms with Crippen molar-refractivity contribution in [3.63, 3.8) is 0 Å². The average molecular weight is 344 g/mol. The van der Waals surface area contributed by atoms with Gasteiger partial charge in [-0.05, 0) is 49.9 Å². The van der Waals surface area contributed by atoms with E-state index in [1.165, 1.54) is 0 Å². The van der Waals surface area contributed by atoms with Crippen molar-refractivity contribution in [1.82, 2.24) is 4.98 Å². The molecule has 25 heavy (non-hydrogen) atoms. The SMILES string of the molecule is CCCOC(C)(CC(C)C)C(=O)Nc1ccc(OC)c2ncccc12. The van der Waals surface area contributed by atoms with Gasteiger partial charge in [-0.15, -0.1) is 0 Å². The molecule has 1 unspecified atom stereocenters. The maximum atomic E-state index is 13.0. The Morgan fingerprint density at radius 2 is 2.08 bits per heavy atom. The number of anilines is 1. The zero-order chi connectivity index (χ0) is 18.4. The fourth-order valence-corrected chi connectivity index (χ4v) is 3.00. The molecule has 1 heterocycles. The second-order valence-corrected chi connectivity index (χ2v) is 6.85. The van der Waals surface area contributed by atoms with Gasteiger partial charge in [-0.1, -0.05) is 20.8 Å². The Hall–Kier alpha value is -2.14. The third-order valence-electron chi connectivity index (χ3n) is 4.10. The first-order chi connectivity index (χ1) is 11.9. The van der Waals surface area contributed by atoms with E-state index in [0.29, 0.717) is 30.4 Å². The lowest BCUT2D eigenvalue weighted by molar-refractivity contribution is -0.141. The number of hydrogen-bond donors (Lipinski definition) is 1. The van der Waals surface area contributed by atoms with Crippen molar-refractivity contribution in [3.05, 3.63) is 30.5 Å². The first-order valence-corrected chi connectivity index (χ1v) is 8.78. The molecule has 0 spiro atoms. The van der Waals surface area contributed by atoms with E-state index in [-0.39, 0.29) is 5.91 Å². The highest BCUT2D eigenvalue weighted by molar-refractivity contribution is 6.05. The van der Waals surface area contributed by atoms with Gasteiger partial charge in [0, 0.05) is 18.2 Å². The van der Waals surface area contributed by atoms with E-state index in [4.69, 9.17) is 9.47 Å². The monoisotopic (exact) mass is 344 g/mol. The fraction of sp³-hybridized carbons (Fsp3) is 0.500. The van der Waals surface area contributed by atoms with Gasteiger partial charge in [0.05, 0.1) is 12.8 Å². The molecule has 0 radical (unpaired) electrons. The molecule has 0 bridgehead atoms. The van der Waals surface area contributed by atoms with Crippen LogP contribution in [0.15, 0.2) is 30.5 Å². The summed E-state index contributed by atoms with van der Waals surface area (Å²) in [5.74, 6) is 0.896. The number of hydrogen-bond acceptors (Lipinski definition) is 4. The van der Waals surface area contributed by atoms with E-state index in [2.05, 4.69) is 24.1 Å². The van der Waals surface area contributed by atoms with Crippen LogP contribution >= 0.6 is 0 Å². The topological polar surface area (TPSA) is 60.5 Å². The van der Waals surface area contributed by atoms with Gasteiger partial charge in [-0.25, -0.2) is 0 Å². The standard InChI is InChI=1S/C20H28N2O3/c1-6-12-25-20(4,13-14(2)3)19(23)22-16-9-10-17(24-5)18-15(16)8-7-11-21-18/h7-11,14H,6,12-13H2,1-5H3,(H,22,23). The number of aromatic nitrogens is 1. The fourth-order valence-electron chi connectivity index (χ4n) is 3.00. The van der Waals surface area contributed by atoms with Crippen LogP contribution in [-0.4, -0.2) is 30.2 Å². The molecule has 0 saturated heterocycles. The highest BCUT2D eigenvalue weighted by Gasteiger charge is 2.35. The molecule has 2 aromatic rings. The largest absolute Gasteiger partial charge is 0.494 e. The van der Waals surface area contributed by atoms with Crippen LogP contribution in [0.2, 0.25) is 0 Å². The van der Waals surface area contributed by atoms with Crippen LogP contribution < -0.4 is 10.1 Å². The molecule has 1 amide bonds. The number of nitrogens with zero attached hydrogens (tertiary/aromatic N) is 1. The molecule has 5 nitrogen and oxygen atoms in total. The molecule has 2 rings (SSSR count). The van der Waals surface area contributed by atoms with E-state index in [1.807, 2.05) is 38.1 Å². The number of rotatable bonds is 8. The van der Waals surface area contributed by atoms with Crippen molar-refractivity contribution in [2.45, 2.75) is 46.1 Å². The lowest BCUT2D eigenvalue weighted by Crippen LogP contribution is -2.44. The predicted molar refractivity (Wildman–Crippen MR) is 101 cm³/mol. The molecular formula is C20H28N2O3. The Balaban J connectivity index is 2.33. The molecule has 0 aliphatic heterocycles. The van der Waals surface area contributed by atoms with E-state index >= 15 is 0 Å². The Bertz CT molecular complexity index is 730. The molecule has 1 aromatic carbocycles. The van der Waals surface area contributed by atoms with Gasteiger partial charge >= 0.3 is 0 Å². The van der Waals surface area contributed by atoms with E-state index in [0.717, 1.165) is 17.3 Å². The van der Waals surface area contributed by atoms with Crippen molar-refractivity contribution in [2.75, 3.05) is 19.0 Å². The summed E-state index contributed by atoms with van der Waals surface area (Å²) in [6.45, 7) is 8.64. The van der Waals surface area contributed by atoms with Crippen LogP contribution in [0.1, 0.15) is 40.5 Å². The molecule has 0 aliphatic rings. The number of ether oxygens (including phenoxy) is 2. The van der Waals surface area contributed by atoms with Crippen LogP contribution in [0.4, 0.5) is 5.69 Å². The van der Waals surface area contributed by atoms with Crippen molar-refractivity contribution in [1.29, 1.82) is 0 Å². The predicted octanol–water partition coefficient (Wildman–Crippen LogP) is 4.41. The summed E-state index contributed by atoms with van der Waals surface area (Å²) in [6, 6.07) is 7.43. The zero-order valence-electron chi connectivity index (χ0n) is 15.8. The van der Waals surface area contributed by atoms with Gasteiger partial charge in [0.2, 0.25) is 0 Å². The first kappa shape index (κ1) is 19.2. The number of carbonyl (C=O) groups is 1. The lowest BCUT2D eigenvalue weighted by atomic mass is 9.92. The molecular weight excluding hydrogens is 316 g/mol. The molecule has 1 atom stereocenters. The summed E-state index contributed by atoms with van der Waals surface area (Å²) in [6.07, 6.45) is 3.24. The second-order valence-electron chi connectivity index (χ2n) is 6.85. The summed E-state index contributed by atoms with van der Waals surface area (Å²) >= 11 is 0. The van der Waals surface area contributed by atoms with E-state index in [1.54, 1.807) is 13.3 Å². The van der Waals surface area contributed by atoms with Gasteiger partial charge in [0.25, 0.3) is 5.91 Å². The lowest BCUT2D eigenvalue weighted by Gasteiger charge is -2.30. The van der Waals surface area contributed by atoms with Crippen molar-refractivity contribution in [3.8, 4) is 5.75 Å². The summed E-state index contributed by atoms with van der Waals surface area (Å²) < 4.78 is 11.3. The minimum absolute atomic E-state index is 0.134. The smallest absolute Gasteiger partial charge is 0.256 e. The number of methoxy groups -OCH3 is 1. The highest BCUT2D eigenvalue weighted by Crippen LogP contribution is 2.31. The number of benzene rings is 1. The third kappa shape index (κ3) is 4.48. The van der Waals surface area contributed by atoms with Crippen LogP contribution in [0.5, 0.6) is 5.75 Å². The third-order valence-corrected chi connectivity index (χ3v) is 4.10. The Labute approximate surface area is 149 Å². The van der Waals surface area contributed by atoms with Crippen LogP contribution in [0.3, 0.4) is 0 Å². The van der Waals surface area contributed by atoms with Crippen LogP contribution in [0, 0.1) is 5.92 Å². The van der Waals surface area contributed by atoms with Gasteiger partial charge < -0.3 is 14.8 Å². The maximum Gasteiger partial charge on any atom is 0.256 e. The molecule has 0 saturated carbocycles. The molecule has 0 fully saturated rings. The number of carbonyl (C=O) groups excluding carboxylic acids is 1. The minimum atomic E-state index is -0.862. The minimum Gasteiger partial charge on any atom is -0.494 e. The Morgan fingerprint density at radius 1 is 1.32 bits per heavy atom. The van der Waals surface area contributed by atoms with Gasteiger partial charge in [-0.3, -0.25) is 9.78 Å². The summed E-state index contributed by atoms with van der Waals surface area (Å²) in [7, 11) is 1.61. The Kier molecular flexibility index (Phi) is 6.37. The summed E-state index contributed by atoms with van der Waals surface area (Å²) in [5, 5.41) is 3.88. The average Bonchev–Trinajstić information content (AvgIpc) is 2.59. The van der Waals surface area contributed by atoms with Crippen LogP contribution in [0.25, 0.3) is 10.9 Å². The van der Waals surface area contributed by atoms with Gasteiger partial charge in [0.15, 0.2) is 0 Å². The highest BCUT2D eigenvalue weighted by atomic mass is 16.5. The summed E-state index contributed by atoms with van der Waals surface area (Å²) in [4.78, 5) is 17.4. The second kappa shape index (κ2) is 8.30. The van der Waals surface area contributed by atoms with E-state index < -0.39 is 5.60 Å². The number of fused-ring (bicyclic) bond motifs is 1. The van der Waals surface area contributed by atoms with E-state index in [9.17, 15) is 4.79 Å². The number of pyridine rings is 1. The van der Waals surface area contributed by atoms with Crippen molar-refractivity contribution < 1.29 is 14.3 Å². The Morgan fingerprint density at radius 3 is 2.72 bits per heavy atom. The van der Waals surface area contributed by atoms with Gasteiger partial charge in [-0.2, -0.15) is 0 Å². The van der Waals surface area contributed by atoms with Crippen LogP contribution in [-0.2, 0) is 9.53 Å². The van der Waals surface area contributed by atoms with Gasteiger partial charge in [0.1, 0.15) is 16.9 Å². The normalized spacial score (nSPS) is 13.7. The number of nitrogens with one attached hydrogen (secondary N) is 1. The molecule has 136 valence electrons. The maximum absolute atomic E-state index is 13.0. The zero-order valence-corrected chi connectivity index (χ0v) is 15.8. The molecule has 1 N–H and O–H groups in total. The van der Waals surface area contributed by atoms with Crippen molar-refractivity contribution in [2.24, 2.45) is 5.92 Å². The molecule has 0 aliphatic carbocycles. The molecule has 1 aromatic heterocycles. The quantitative estimate of drug-likeness (QED) is 0.770. The number of amides is 1.